The van der Waals surface area contributed by atoms with Crippen molar-refractivity contribution >= 4 is 45.8 Å². The average Bonchev–Trinajstić information content (AvgIpc) is 3.05. The van der Waals surface area contributed by atoms with E-state index in [2.05, 4.69) is 19.9 Å². The molecule has 7 nitrogen and oxygen atoms in total. The molecule has 0 N–H and O–H groups in total. The van der Waals surface area contributed by atoms with Crippen molar-refractivity contribution in [2.75, 3.05) is 11.9 Å². The maximum absolute atomic E-state index is 12.4. The third-order valence-electron chi connectivity index (χ3n) is 3.40. The van der Waals surface area contributed by atoms with Crippen molar-refractivity contribution in [2.24, 2.45) is 0 Å². The molecule has 0 fully saturated rings. The molecule has 2 aromatic heterocycles. The van der Waals surface area contributed by atoms with Crippen LogP contribution in [-0.4, -0.2) is 38.7 Å². The molecule has 10 heteroatoms. The zero-order chi connectivity index (χ0) is 20.5. The number of rotatable bonds is 3. The number of carbonyl (C=O) groups excluding carboxylic acids is 1. The number of benzene rings is 1. The van der Waals surface area contributed by atoms with Gasteiger partial charge in [-0.2, -0.15) is 15.0 Å². The maximum atomic E-state index is 12.4. The van der Waals surface area contributed by atoms with Crippen LogP contribution in [0.15, 0.2) is 30.3 Å². The van der Waals surface area contributed by atoms with Crippen molar-refractivity contribution in [3.63, 3.8) is 0 Å². The smallest absolute Gasteiger partial charge is 0.416 e. The third kappa shape index (κ3) is 4.76. The fourth-order valence-electron chi connectivity index (χ4n) is 2.23. The Hall–Kier alpha value is -2.29. The second-order valence-electron chi connectivity index (χ2n) is 6.78. The molecule has 0 saturated carbocycles. The molecule has 28 heavy (non-hydrogen) atoms. The molecule has 0 aliphatic heterocycles. The Balaban J connectivity index is 2.09. The molecular weight excluding hydrogens is 421 g/mol. The summed E-state index contributed by atoms with van der Waals surface area (Å²) in [6.45, 7) is 5.41. The van der Waals surface area contributed by atoms with Gasteiger partial charge in [-0.05, 0) is 44.0 Å². The summed E-state index contributed by atoms with van der Waals surface area (Å²) in [6.07, 6.45) is -0.515. The molecule has 146 valence electrons. The van der Waals surface area contributed by atoms with E-state index in [1.807, 2.05) is 30.3 Å². The number of hydrogen-bond donors (Lipinski definition) is 0. The van der Waals surface area contributed by atoms with E-state index < -0.39 is 11.7 Å². The summed E-state index contributed by atoms with van der Waals surface area (Å²) < 4.78 is 5.42. The highest BCUT2D eigenvalue weighted by Crippen LogP contribution is 2.39. The van der Waals surface area contributed by atoms with Crippen molar-refractivity contribution in [1.82, 2.24) is 19.9 Å². The molecule has 0 radical (unpaired) electrons. The largest absolute Gasteiger partial charge is 0.443 e. The lowest BCUT2D eigenvalue weighted by molar-refractivity contribution is 0.0589. The summed E-state index contributed by atoms with van der Waals surface area (Å²) in [6, 6.07) is 9.49. The minimum atomic E-state index is -0.622. The first-order chi connectivity index (χ1) is 13.1. The predicted molar refractivity (Wildman–Crippen MR) is 111 cm³/mol. The minimum absolute atomic E-state index is 0.0236. The Morgan fingerprint density at radius 2 is 1.64 bits per heavy atom. The highest BCUT2D eigenvalue weighted by molar-refractivity contribution is 7.19. The van der Waals surface area contributed by atoms with E-state index in [0.29, 0.717) is 15.7 Å². The molecule has 2 heterocycles. The Labute approximate surface area is 176 Å². The molecule has 0 atom stereocenters. The lowest BCUT2D eigenvalue weighted by Crippen LogP contribution is -2.34. The van der Waals surface area contributed by atoms with Gasteiger partial charge in [-0.15, -0.1) is 0 Å². The number of anilines is 1. The second-order valence-corrected chi connectivity index (χ2v) is 8.43. The molecule has 0 spiro atoms. The second kappa shape index (κ2) is 7.98. The number of carbonyl (C=O) groups is 1. The lowest BCUT2D eigenvalue weighted by Gasteiger charge is -2.23. The summed E-state index contributed by atoms with van der Waals surface area (Å²) in [5.74, 6) is 0.283. The Morgan fingerprint density at radius 3 is 2.21 bits per heavy atom. The van der Waals surface area contributed by atoms with E-state index in [1.165, 1.54) is 16.2 Å². The molecular formula is C18H17Cl2N5O2S. The highest BCUT2D eigenvalue weighted by atomic mass is 35.5. The first kappa shape index (κ1) is 20.4. The van der Waals surface area contributed by atoms with Crippen molar-refractivity contribution in [1.29, 1.82) is 0 Å². The molecule has 3 rings (SSSR count). The van der Waals surface area contributed by atoms with Gasteiger partial charge in [0, 0.05) is 12.6 Å². The number of ether oxygens (including phenoxy) is 1. The SMILES string of the molecule is CN(C(=O)OC(C)(C)C)c1nc(-c2ccccc2)c(-c2nc(Cl)nc(Cl)n2)s1. The standard InChI is InChI=1S/C18H17Cl2N5O2S/c1-18(2,3)27-17(26)25(4)16-21-11(10-8-6-5-7-9-10)12(28-16)13-22-14(19)24-15(20)23-13/h5-9H,1-4H3. The van der Waals surface area contributed by atoms with Crippen LogP contribution in [0.4, 0.5) is 9.93 Å². The summed E-state index contributed by atoms with van der Waals surface area (Å²) in [7, 11) is 1.60. The number of hydrogen-bond acceptors (Lipinski definition) is 7. The summed E-state index contributed by atoms with van der Waals surface area (Å²) >= 11 is 13.1. The maximum Gasteiger partial charge on any atom is 0.416 e. The van der Waals surface area contributed by atoms with Crippen molar-refractivity contribution in [3.05, 3.63) is 40.9 Å². The molecule has 3 aromatic rings. The van der Waals surface area contributed by atoms with Crippen LogP contribution in [0.5, 0.6) is 0 Å². The van der Waals surface area contributed by atoms with E-state index in [1.54, 1.807) is 27.8 Å². The summed E-state index contributed by atoms with van der Waals surface area (Å²) in [5, 5.41) is 0.379. The number of aromatic nitrogens is 4. The van der Waals surface area contributed by atoms with Crippen LogP contribution in [0, 0.1) is 0 Å². The van der Waals surface area contributed by atoms with Gasteiger partial charge < -0.3 is 4.74 Å². The topological polar surface area (TPSA) is 81.1 Å². The van der Waals surface area contributed by atoms with Gasteiger partial charge in [0.2, 0.25) is 10.6 Å². The van der Waals surface area contributed by atoms with E-state index in [-0.39, 0.29) is 16.4 Å². The van der Waals surface area contributed by atoms with E-state index in [0.717, 1.165) is 5.56 Å². The number of thiazole rings is 1. The Morgan fingerprint density at radius 1 is 1.04 bits per heavy atom. The quantitative estimate of drug-likeness (QED) is 0.549. The van der Waals surface area contributed by atoms with Crippen LogP contribution >= 0.6 is 34.5 Å². The molecule has 0 saturated heterocycles. The van der Waals surface area contributed by atoms with Crippen LogP contribution in [0.1, 0.15) is 20.8 Å². The molecule has 0 aliphatic carbocycles. The third-order valence-corrected chi connectivity index (χ3v) is 4.87. The van der Waals surface area contributed by atoms with Crippen LogP contribution in [0.25, 0.3) is 22.0 Å². The van der Waals surface area contributed by atoms with Gasteiger partial charge in [0.05, 0.1) is 5.69 Å². The normalized spacial score (nSPS) is 11.4. The highest BCUT2D eigenvalue weighted by Gasteiger charge is 2.26. The zero-order valence-corrected chi connectivity index (χ0v) is 17.9. The van der Waals surface area contributed by atoms with E-state index in [4.69, 9.17) is 27.9 Å². The van der Waals surface area contributed by atoms with Gasteiger partial charge >= 0.3 is 6.09 Å². The van der Waals surface area contributed by atoms with Crippen LogP contribution in [-0.2, 0) is 4.74 Å². The van der Waals surface area contributed by atoms with Gasteiger partial charge in [-0.25, -0.2) is 9.78 Å². The monoisotopic (exact) mass is 437 g/mol. The van der Waals surface area contributed by atoms with E-state index >= 15 is 0 Å². The van der Waals surface area contributed by atoms with Gasteiger partial charge in [-0.3, -0.25) is 4.90 Å². The van der Waals surface area contributed by atoms with Crippen LogP contribution < -0.4 is 4.90 Å². The average molecular weight is 438 g/mol. The number of amides is 1. The van der Waals surface area contributed by atoms with Crippen molar-refractivity contribution < 1.29 is 9.53 Å². The van der Waals surface area contributed by atoms with Gasteiger partial charge in [0.15, 0.2) is 11.0 Å². The zero-order valence-electron chi connectivity index (χ0n) is 15.6. The van der Waals surface area contributed by atoms with Crippen molar-refractivity contribution in [3.8, 4) is 22.0 Å². The predicted octanol–water partition coefficient (Wildman–Crippen LogP) is 5.34. The fraction of sp³-hybridized carbons (Fsp3) is 0.278. The number of halogens is 2. The first-order valence-corrected chi connectivity index (χ1v) is 9.81. The molecule has 0 unspecified atom stereocenters. The molecule has 1 amide bonds. The minimum Gasteiger partial charge on any atom is -0.443 e. The van der Waals surface area contributed by atoms with Crippen molar-refractivity contribution in [2.45, 2.75) is 26.4 Å². The fourth-order valence-corrected chi connectivity index (χ4v) is 3.57. The molecule has 0 aliphatic rings. The molecule has 0 bridgehead atoms. The Kier molecular flexibility index (Phi) is 5.83. The van der Waals surface area contributed by atoms with Gasteiger partial charge in [-0.1, -0.05) is 41.7 Å². The molecule has 1 aromatic carbocycles. The number of nitrogens with zero attached hydrogens (tertiary/aromatic N) is 5. The van der Waals surface area contributed by atoms with Gasteiger partial charge in [0.25, 0.3) is 0 Å². The lowest BCUT2D eigenvalue weighted by atomic mass is 10.1. The first-order valence-electron chi connectivity index (χ1n) is 8.24. The van der Waals surface area contributed by atoms with E-state index in [9.17, 15) is 4.79 Å². The van der Waals surface area contributed by atoms with Crippen LogP contribution in [0.2, 0.25) is 10.6 Å². The van der Waals surface area contributed by atoms with Gasteiger partial charge in [0.1, 0.15) is 10.5 Å². The summed E-state index contributed by atoms with van der Waals surface area (Å²) in [4.78, 5) is 31.1. The van der Waals surface area contributed by atoms with Crippen LogP contribution in [0.3, 0.4) is 0 Å². The Bertz CT molecular complexity index is 985. The summed E-state index contributed by atoms with van der Waals surface area (Å²) in [5.41, 5.74) is 0.822.